The van der Waals surface area contributed by atoms with Crippen molar-refractivity contribution in [2.24, 2.45) is 0 Å². The van der Waals surface area contributed by atoms with Crippen LogP contribution >= 0.6 is 12.4 Å². The van der Waals surface area contributed by atoms with E-state index in [0.29, 0.717) is 16.7 Å². The zero-order chi connectivity index (χ0) is 11.1. The van der Waals surface area contributed by atoms with Crippen LogP contribution in [0, 0.1) is 0 Å². The van der Waals surface area contributed by atoms with Crippen molar-refractivity contribution >= 4 is 24.0 Å². The van der Waals surface area contributed by atoms with E-state index < -0.39 is 0 Å². The molecule has 0 unspecified atom stereocenters. The minimum atomic E-state index is -0.175. The number of rotatable bonds is 0. The molecule has 17 heavy (non-hydrogen) atoms. The molecule has 2 aromatic rings. The molecule has 0 amide bonds. The molecule has 0 radical (unpaired) electrons. The second-order valence-electron chi connectivity index (χ2n) is 3.60. The van der Waals surface area contributed by atoms with E-state index in [-0.39, 0.29) is 29.7 Å². The van der Waals surface area contributed by atoms with Gasteiger partial charge in [0.2, 0.25) is 5.78 Å². The van der Waals surface area contributed by atoms with Crippen LogP contribution in [0.1, 0.15) is 32.0 Å². The summed E-state index contributed by atoms with van der Waals surface area (Å²) in [6.07, 6.45) is 1.53. The first-order chi connectivity index (χ1) is 7.79. The monoisotopic (exact) mass is 245 g/mol. The Hall–Kier alpha value is -2.00. The SMILES string of the molecule is Cl.O=C1c2ccccc2C(=O)c2ncccc21. The summed E-state index contributed by atoms with van der Waals surface area (Å²) in [7, 11) is 0. The predicted octanol–water partition coefficient (Wildman–Crippen LogP) is 2.28. The standard InChI is InChI=1S/C13H7NO2.ClH/c15-12-8-4-1-2-5-9(8)13(16)11-10(12)6-3-7-14-11;/h1-7H;1H. The first-order valence-electron chi connectivity index (χ1n) is 4.92. The van der Waals surface area contributed by atoms with Gasteiger partial charge in [-0.3, -0.25) is 14.6 Å². The summed E-state index contributed by atoms with van der Waals surface area (Å²) in [6, 6.07) is 10.1. The molecule has 1 aromatic carbocycles. The maximum atomic E-state index is 12.1. The summed E-state index contributed by atoms with van der Waals surface area (Å²) >= 11 is 0. The van der Waals surface area contributed by atoms with Crippen LogP contribution < -0.4 is 0 Å². The van der Waals surface area contributed by atoms with Crippen LogP contribution in [0.4, 0.5) is 0 Å². The number of benzene rings is 1. The number of pyridine rings is 1. The van der Waals surface area contributed by atoms with Crippen molar-refractivity contribution in [1.29, 1.82) is 0 Å². The predicted molar refractivity (Wildman–Crippen MR) is 64.8 cm³/mol. The van der Waals surface area contributed by atoms with Gasteiger partial charge in [-0.05, 0) is 12.1 Å². The number of hydrogen-bond acceptors (Lipinski definition) is 3. The molecular formula is C13H8ClNO2. The highest BCUT2D eigenvalue weighted by atomic mass is 35.5. The van der Waals surface area contributed by atoms with Gasteiger partial charge in [0.15, 0.2) is 5.78 Å². The number of fused-ring (bicyclic) bond motifs is 2. The van der Waals surface area contributed by atoms with Gasteiger partial charge in [-0.15, -0.1) is 12.4 Å². The lowest BCUT2D eigenvalue weighted by Gasteiger charge is -2.15. The lowest BCUT2D eigenvalue weighted by atomic mass is 9.87. The molecule has 1 aliphatic carbocycles. The fourth-order valence-corrected chi connectivity index (χ4v) is 1.92. The minimum Gasteiger partial charge on any atom is -0.288 e. The summed E-state index contributed by atoms with van der Waals surface area (Å²) in [5, 5.41) is 0. The van der Waals surface area contributed by atoms with E-state index in [1.54, 1.807) is 36.4 Å². The lowest BCUT2D eigenvalue weighted by Crippen LogP contribution is -2.21. The Morgan fingerprint density at radius 2 is 1.35 bits per heavy atom. The fraction of sp³-hybridized carbons (Fsp3) is 0. The molecular weight excluding hydrogens is 238 g/mol. The van der Waals surface area contributed by atoms with Gasteiger partial charge in [0.05, 0.1) is 5.56 Å². The molecule has 0 aliphatic heterocycles. The van der Waals surface area contributed by atoms with Crippen molar-refractivity contribution in [2.45, 2.75) is 0 Å². The number of carbonyl (C=O) groups excluding carboxylic acids is 2. The quantitative estimate of drug-likeness (QED) is 0.610. The third-order valence-electron chi connectivity index (χ3n) is 2.68. The van der Waals surface area contributed by atoms with Crippen LogP contribution in [0.5, 0.6) is 0 Å². The Bertz CT molecular complexity index is 517. The van der Waals surface area contributed by atoms with Gasteiger partial charge in [0.1, 0.15) is 5.69 Å². The van der Waals surface area contributed by atoms with Crippen LogP contribution in [0.2, 0.25) is 0 Å². The van der Waals surface area contributed by atoms with Crippen molar-refractivity contribution in [1.82, 2.24) is 4.98 Å². The Labute approximate surface area is 104 Å². The van der Waals surface area contributed by atoms with Crippen LogP contribution in [-0.4, -0.2) is 16.6 Å². The molecule has 3 rings (SSSR count). The van der Waals surface area contributed by atoms with Crippen LogP contribution in [0.25, 0.3) is 0 Å². The second kappa shape index (κ2) is 4.11. The number of halogens is 1. The lowest BCUT2D eigenvalue weighted by molar-refractivity contribution is 0.0975. The highest BCUT2D eigenvalue weighted by Crippen LogP contribution is 2.25. The third kappa shape index (κ3) is 1.56. The third-order valence-corrected chi connectivity index (χ3v) is 2.68. The second-order valence-corrected chi connectivity index (χ2v) is 3.60. The Morgan fingerprint density at radius 3 is 2.06 bits per heavy atom. The molecule has 0 fully saturated rings. The molecule has 0 spiro atoms. The van der Waals surface area contributed by atoms with E-state index in [1.807, 2.05) is 0 Å². The average Bonchev–Trinajstić information content (AvgIpc) is 2.36. The van der Waals surface area contributed by atoms with Crippen molar-refractivity contribution in [3.05, 3.63) is 65.0 Å². The van der Waals surface area contributed by atoms with Gasteiger partial charge < -0.3 is 0 Å². The summed E-state index contributed by atoms with van der Waals surface area (Å²) in [4.78, 5) is 28.1. The Balaban J connectivity index is 0.00000108. The number of ketones is 2. The zero-order valence-electron chi connectivity index (χ0n) is 8.71. The zero-order valence-corrected chi connectivity index (χ0v) is 9.53. The number of carbonyl (C=O) groups is 2. The minimum absolute atomic E-state index is 0. The smallest absolute Gasteiger partial charge is 0.212 e. The topological polar surface area (TPSA) is 47.0 Å². The fourth-order valence-electron chi connectivity index (χ4n) is 1.92. The van der Waals surface area contributed by atoms with Crippen molar-refractivity contribution < 1.29 is 9.59 Å². The van der Waals surface area contributed by atoms with E-state index in [2.05, 4.69) is 4.98 Å². The Morgan fingerprint density at radius 1 is 0.765 bits per heavy atom. The molecule has 1 aliphatic rings. The number of hydrogen-bond donors (Lipinski definition) is 0. The summed E-state index contributed by atoms with van der Waals surface area (Å²) in [5.41, 5.74) is 1.56. The van der Waals surface area contributed by atoms with Crippen molar-refractivity contribution in [3.63, 3.8) is 0 Å². The highest BCUT2D eigenvalue weighted by Gasteiger charge is 2.29. The molecule has 4 heteroatoms. The van der Waals surface area contributed by atoms with Crippen LogP contribution in [-0.2, 0) is 0 Å². The molecule has 0 bridgehead atoms. The van der Waals surface area contributed by atoms with E-state index in [4.69, 9.17) is 0 Å². The van der Waals surface area contributed by atoms with E-state index >= 15 is 0 Å². The first-order valence-corrected chi connectivity index (χ1v) is 4.92. The first kappa shape index (κ1) is 11.5. The molecule has 1 aromatic heterocycles. The largest absolute Gasteiger partial charge is 0.288 e. The van der Waals surface area contributed by atoms with Gasteiger partial charge in [-0.2, -0.15) is 0 Å². The molecule has 0 saturated heterocycles. The maximum absolute atomic E-state index is 12.1. The van der Waals surface area contributed by atoms with Crippen molar-refractivity contribution in [2.75, 3.05) is 0 Å². The molecule has 1 heterocycles. The highest BCUT2D eigenvalue weighted by molar-refractivity contribution is 6.27. The number of aromatic nitrogens is 1. The van der Waals surface area contributed by atoms with Crippen molar-refractivity contribution in [3.8, 4) is 0 Å². The average molecular weight is 246 g/mol. The summed E-state index contributed by atoms with van der Waals surface area (Å²) in [5.74, 6) is -0.302. The van der Waals surface area contributed by atoms with Gasteiger partial charge in [0.25, 0.3) is 0 Å². The van der Waals surface area contributed by atoms with E-state index in [0.717, 1.165) is 0 Å². The van der Waals surface area contributed by atoms with E-state index in [9.17, 15) is 9.59 Å². The molecule has 3 nitrogen and oxygen atoms in total. The normalized spacial score (nSPS) is 12.5. The molecule has 0 N–H and O–H groups in total. The number of nitrogens with zero attached hydrogens (tertiary/aromatic N) is 1. The van der Waals surface area contributed by atoms with Crippen LogP contribution in [0.3, 0.4) is 0 Å². The summed E-state index contributed by atoms with van der Waals surface area (Å²) < 4.78 is 0. The Kier molecular flexibility index (Phi) is 2.77. The molecule has 0 saturated carbocycles. The van der Waals surface area contributed by atoms with Gasteiger partial charge in [-0.25, -0.2) is 0 Å². The maximum Gasteiger partial charge on any atom is 0.212 e. The van der Waals surface area contributed by atoms with Gasteiger partial charge in [0, 0.05) is 17.3 Å². The van der Waals surface area contributed by atoms with Crippen LogP contribution in [0.15, 0.2) is 42.6 Å². The summed E-state index contributed by atoms with van der Waals surface area (Å²) in [6.45, 7) is 0. The molecule has 84 valence electrons. The van der Waals surface area contributed by atoms with Gasteiger partial charge in [-0.1, -0.05) is 24.3 Å². The van der Waals surface area contributed by atoms with E-state index in [1.165, 1.54) is 6.20 Å². The van der Waals surface area contributed by atoms with Gasteiger partial charge >= 0.3 is 0 Å². The molecule has 0 atom stereocenters.